The molecule has 0 heterocycles. The molecule has 1 atom stereocenters. The molecular weight excluding hydrogens is 278 g/mol. The van der Waals surface area contributed by atoms with Gasteiger partial charge in [0, 0.05) is 10.5 Å². The molecule has 2 aromatic rings. The maximum Gasteiger partial charge on any atom is 0.123 e. The number of rotatable bonds is 7. The summed E-state index contributed by atoms with van der Waals surface area (Å²) in [6.45, 7) is 3.16. The lowest BCUT2D eigenvalue weighted by Gasteiger charge is -2.22. The number of methoxy groups -OCH3 is 1. The molecule has 0 saturated heterocycles. The molecule has 0 amide bonds. The first-order chi connectivity index (χ1) is 10.3. The van der Waals surface area contributed by atoms with Gasteiger partial charge in [0.05, 0.1) is 13.2 Å². The fraction of sp³-hybridized carbons (Fsp3) is 0.333. The predicted molar refractivity (Wildman–Crippen MR) is 91.4 cm³/mol. The second kappa shape index (κ2) is 8.11. The Kier molecular flexibility index (Phi) is 6.15. The van der Waals surface area contributed by atoms with Crippen LogP contribution in [0.4, 0.5) is 0 Å². The second-order valence-electron chi connectivity index (χ2n) is 4.90. The van der Waals surface area contributed by atoms with Crippen LogP contribution in [0.3, 0.4) is 0 Å². The van der Waals surface area contributed by atoms with E-state index in [-0.39, 0.29) is 6.04 Å². The van der Waals surface area contributed by atoms with Crippen LogP contribution in [0.1, 0.15) is 30.5 Å². The summed E-state index contributed by atoms with van der Waals surface area (Å²) < 4.78 is 5.53. The summed E-state index contributed by atoms with van der Waals surface area (Å²) in [4.78, 5) is 1.29. The molecule has 1 N–H and O–H groups in total. The van der Waals surface area contributed by atoms with Crippen molar-refractivity contribution in [3.8, 4) is 5.75 Å². The van der Waals surface area contributed by atoms with Crippen LogP contribution in [-0.4, -0.2) is 19.9 Å². The van der Waals surface area contributed by atoms with Gasteiger partial charge in [-0.1, -0.05) is 37.3 Å². The SMILES string of the molecule is CCCNC(c1ccc(SC)cc1)c1ccccc1OC. The Morgan fingerprint density at radius 2 is 1.81 bits per heavy atom. The van der Waals surface area contributed by atoms with E-state index < -0.39 is 0 Å². The van der Waals surface area contributed by atoms with Gasteiger partial charge in [0.2, 0.25) is 0 Å². The molecular formula is C18H23NOS. The lowest BCUT2D eigenvalue weighted by Crippen LogP contribution is -2.23. The summed E-state index contributed by atoms with van der Waals surface area (Å²) >= 11 is 1.77. The lowest BCUT2D eigenvalue weighted by molar-refractivity contribution is 0.404. The van der Waals surface area contributed by atoms with Gasteiger partial charge in [-0.15, -0.1) is 11.8 Å². The van der Waals surface area contributed by atoms with E-state index in [2.05, 4.69) is 54.9 Å². The standard InChI is InChI=1S/C18H23NOS/c1-4-13-19-18(14-9-11-15(21-3)12-10-14)16-7-5-6-8-17(16)20-2/h5-12,18-19H,4,13H2,1-3H3. The summed E-state index contributed by atoms with van der Waals surface area (Å²) in [7, 11) is 1.73. The van der Waals surface area contributed by atoms with Crippen molar-refractivity contribution in [1.82, 2.24) is 5.32 Å². The molecule has 0 aromatic heterocycles. The van der Waals surface area contributed by atoms with Gasteiger partial charge in [-0.25, -0.2) is 0 Å². The van der Waals surface area contributed by atoms with Crippen LogP contribution in [0, 0.1) is 0 Å². The summed E-state index contributed by atoms with van der Waals surface area (Å²) in [5.74, 6) is 0.931. The van der Waals surface area contributed by atoms with E-state index >= 15 is 0 Å². The molecule has 0 fully saturated rings. The van der Waals surface area contributed by atoms with E-state index in [1.165, 1.54) is 16.0 Å². The third-order valence-corrected chi connectivity index (χ3v) is 4.24. The normalized spacial score (nSPS) is 12.1. The van der Waals surface area contributed by atoms with Crippen LogP contribution in [0.2, 0.25) is 0 Å². The van der Waals surface area contributed by atoms with Crippen molar-refractivity contribution >= 4 is 11.8 Å². The number of benzene rings is 2. The van der Waals surface area contributed by atoms with Crippen molar-refractivity contribution in [3.05, 3.63) is 59.7 Å². The highest BCUT2D eigenvalue weighted by Crippen LogP contribution is 2.30. The molecule has 0 radical (unpaired) electrons. The van der Waals surface area contributed by atoms with E-state index in [0.717, 1.165) is 18.7 Å². The van der Waals surface area contributed by atoms with Crippen molar-refractivity contribution in [3.63, 3.8) is 0 Å². The Labute approximate surface area is 131 Å². The fourth-order valence-electron chi connectivity index (χ4n) is 2.40. The zero-order chi connectivity index (χ0) is 15.1. The summed E-state index contributed by atoms with van der Waals surface area (Å²) in [5.41, 5.74) is 2.45. The van der Waals surface area contributed by atoms with Crippen molar-refractivity contribution in [2.45, 2.75) is 24.3 Å². The van der Waals surface area contributed by atoms with Gasteiger partial charge in [-0.05, 0) is 43.0 Å². The van der Waals surface area contributed by atoms with Gasteiger partial charge in [0.25, 0.3) is 0 Å². The molecule has 2 aromatic carbocycles. The zero-order valence-electron chi connectivity index (χ0n) is 12.9. The van der Waals surface area contributed by atoms with Crippen molar-refractivity contribution in [1.29, 1.82) is 0 Å². The fourth-order valence-corrected chi connectivity index (χ4v) is 2.81. The van der Waals surface area contributed by atoms with Crippen LogP contribution in [-0.2, 0) is 0 Å². The Morgan fingerprint density at radius 3 is 2.43 bits per heavy atom. The van der Waals surface area contributed by atoms with Crippen LogP contribution in [0.5, 0.6) is 5.75 Å². The molecule has 0 aliphatic carbocycles. The topological polar surface area (TPSA) is 21.3 Å². The third-order valence-electron chi connectivity index (χ3n) is 3.50. The molecule has 0 saturated carbocycles. The molecule has 21 heavy (non-hydrogen) atoms. The molecule has 2 rings (SSSR count). The lowest BCUT2D eigenvalue weighted by atomic mass is 9.97. The molecule has 1 unspecified atom stereocenters. The van der Waals surface area contributed by atoms with Gasteiger partial charge in [-0.3, -0.25) is 0 Å². The minimum Gasteiger partial charge on any atom is -0.496 e. The first kappa shape index (κ1) is 15.9. The van der Waals surface area contributed by atoms with E-state index in [4.69, 9.17) is 4.74 Å². The van der Waals surface area contributed by atoms with E-state index in [9.17, 15) is 0 Å². The average Bonchev–Trinajstić information content (AvgIpc) is 2.56. The van der Waals surface area contributed by atoms with E-state index in [1.54, 1.807) is 18.9 Å². The molecule has 0 aliphatic heterocycles. The van der Waals surface area contributed by atoms with Crippen LogP contribution in [0.15, 0.2) is 53.4 Å². The number of para-hydroxylation sites is 1. The maximum atomic E-state index is 5.53. The molecule has 0 bridgehead atoms. The Balaban J connectivity index is 2.36. The molecule has 0 spiro atoms. The highest BCUT2D eigenvalue weighted by molar-refractivity contribution is 7.98. The van der Waals surface area contributed by atoms with E-state index in [1.807, 2.05) is 12.1 Å². The second-order valence-corrected chi connectivity index (χ2v) is 5.78. The average molecular weight is 301 g/mol. The largest absolute Gasteiger partial charge is 0.496 e. The minimum atomic E-state index is 0.164. The van der Waals surface area contributed by atoms with Crippen molar-refractivity contribution < 1.29 is 4.74 Å². The highest BCUT2D eigenvalue weighted by Gasteiger charge is 2.17. The smallest absolute Gasteiger partial charge is 0.123 e. The number of hydrogen-bond acceptors (Lipinski definition) is 3. The van der Waals surface area contributed by atoms with Crippen molar-refractivity contribution in [2.24, 2.45) is 0 Å². The number of ether oxygens (including phenoxy) is 1. The van der Waals surface area contributed by atoms with Gasteiger partial charge < -0.3 is 10.1 Å². The maximum absolute atomic E-state index is 5.53. The first-order valence-electron chi connectivity index (χ1n) is 7.30. The predicted octanol–water partition coefficient (Wildman–Crippen LogP) is 4.51. The Hall–Kier alpha value is -1.45. The van der Waals surface area contributed by atoms with Crippen molar-refractivity contribution in [2.75, 3.05) is 19.9 Å². The highest BCUT2D eigenvalue weighted by atomic mass is 32.2. The van der Waals surface area contributed by atoms with Gasteiger partial charge in [-0.2, -0.15) is 0 Å². The monoisotopic (exact) mass is 301 g/mol. The number of nitrogens with one attached hydrogen (secondary N) is 1. The molecule has 3 heteroatoms. The van der Waals surface area contributed by atoms with E-state index in [0.29, 0.717) is 0 Å². The summed E-state index contributed by atoms with van der Waals surface area (Å²) in [6.07, 6.45) is 3.20. The third kappa shape index (κ3) is 4.02. The molecule has 0 aliphatic rings. The Bertz CT molecular complexity index is 553. The van der Waals surface area contributed by atoms with Gasteiger partial charge in [0.1, 0.15) is 5.75 Å². The number of thioether (sulfide) groups is 1. The summed E-state index contributed by atoms with van der Waals surface area (Å²) in [6, 6.07) is 17.1. The van der Waals surface area contributed by atoms with Gasteiger partial charge in [0.15, 0.2) is 0 Å². The summed E-state index contributed by atoms with van der Waals surface area (Å²) in [5, 5.41) is 3.63. The van der Waals surface area contributed by atoms with Crippen LogP contribution < -0.4 is 10.1 Å². The number of hydrogen-bond donors (Lipinski definition) is 1. The zero-order valence-corrected chi connectivity index (χ0v) is 13.7. The van der Waals surface area contributed by atoms with Crippen LogP contribution in [0.25, 0.3) is 0 Å². The minimum absolute atomic E-state index is 0.164. The molecule has 112 valence electrons. The quantitative estimate of drug-likeness (QED) is 0.760. The first-order valence-corrected chi connectivity index (χ1v) is 8.52. The van der Waals surface area contributed by atoms with Crippen LogP contribution >= 0.6 is 11.8 Å². The molecule has 2 nitrogen and oxygen atoms in total. The Morgan fingerprint density at radius 1 is 1.10 bits per heavy atom. The van der Waals surface area contributed by atoms with Gasteiger partial charge >= 0.3 is 0 Å².